The van der Waals surface area contributed by atoms with Crippen molar-refractivity contribution in [3.05, 3.63) is 11.6 Å². The molecule has 1 aromatic rings. The van der Waals surface area contributed by atoms with E-state index in [4.69, 9.17) is 28.7 Å². The monoisotopic (exact) mass is 167 g/mol. The second-order valence-electron chi connectivity index (χ2n) is 2.57. The van der Waals surface area contributed by atoms with Gasteiger partial charge in [0.15, 0.2) is 0 Å². The number of rotatable bonds is 1. The fourth-order valence-corrected chi connectivity index (χ4v) is 0.986. The Labute approximate surface area is 70.5 Å². The molecule has 0 aliphatic heterocycles. The van der Waals surface area contributed by atoms with Crippen molar-refractivity contribution in [1.82, 2.24) is 0 Å². The maximum atomic E-state index is 5.62. The average Bonchev–Trinajstić information content (AvgIpc) is 2.08. The first-order chi connectivity index (χ1) is 5.57. The predicted octanol–water partition coefficient (Wildman–Crippen LogP) is -0.526. The summed E-state index contributed by atoms with van der Waals surface area (Å²) in [6.07, 6.45) is 0. The molecule has 0 amide bonds. The predicted molar refractivity (Wildman–Crippen MR) is 52.0 cm³/mol. The Morgan fingerprint density at radius 1 is 0.917 bits per heavy atom. The normalized spacial score (nSPS) is 10.1. The molecule has 0 aliphatic rings. The first-order valence-electron chi connectivity index (χ1n) is 3.49. The number of nitrogens with two attached hydrogens (primary N) is 5. The number of nitrogen functional groups attached to an aromatic ring is 4. The van der Waals surface area contributed by atoms with E-state index in [9.17, 15) is 0 Å². The molecule has 12 heavy (non-hydrogen) atoms. The lowest BCUT2D eigenvalue weighted by molar-refractivity contribution is 1.08. The lowest BCUT2D eigenvalue weighted by Gasteiger charge is -2.11. The van der Waals surface area contributed by atoms with Gasteiger partial charge in [0, 0.05) is 6.54 Å². The highest BCUT2D eigenvalue weighted by molar-refractivity contribution is 5.88. The second kappa shape index (κ2) is 2.78. The Hall–Kier alpha value is -1.62. The van der Waals surface area contributed by atoms with Gasteiger partial charge in [-0.05, 0) is 11.6 Å². The van der Waals surface area contributed by atoms with Gasteiger partial charge >= 0.3 is 0 Å². The standard InChI is InChI=1S/C7H13N5/c8-2-3-1-4(9)6(11)7(12)5(3)10/h1H,2,8-12H2. The van der Waals surface area contributed by atoms with Crippen LogP contribution in [0.1, 0.15) is 5.56 Å². The molecule has 0 saturated heterocycles. The maximum absolute atomic E-state index is 5.62. The summed E-state index contributed by atoms with van der Waals surface area (Å²) >= 11 is 0. The molecule has 5 heteroatoms. The quantitative estimate of drug-likeness (QED) is 0.359. The first kappa shape index (κ1) is 8.48. The second-order valence-corrected chi connectivity index (χ2v) is 2.57. The van der Waals surface area contributed by atoms with E-state index in [0.717, 1.165) is 5.56 Å². The zero-order chi connectivity index (χ0) is 9.30. The highest BCUT2D eigenvalue weighted by Gasteiger charge is 2.07. The largest absolute Gasteiger partial charge is 0.397 e. The summed E-state index contributed by atoms with van der Waals surface area (Å²) in [7, 11) is 0. The molecule has 0 unspecified atom stereocenters. The van der Waals surface area contributed by atoms with Crippen LogP contribution in [-0.4, -0.2) is 0 Å². The van der Waals surface area contributed by atoms with Gasteiger partial charge in [0.2, 0.25) is 0 Å². The molecular formula is C7H13N5. The van der Waals surface area contributed by atoms with Crippen LogP contribution in [0.2, 0.25) is 0 Å². The first-order valence-corrected chi connectivity index (χ1v) is 3.49. The van der Waals surface area contributed by atoms with Crippen LogP contribution >= 0.6 is 0 Å². The zero-order valence-electron chi connectivity index (χ0n) is 6.67. The third kappa shape index (κ3) is 1.10. The number of anilines is 4. The van der Waals surface area contributed by atoms with Crippen molar-refractivity contribution < 1.29 is 0 Å². The average molecular weight is 167 g/mol. The Balaban J connectivity index is 3.39. The fourth-order valence-electron chi connectivity index (χ4n) is 0.986. The molecule has 0 saturated carbocycles. The fraction of sp³-hybridized carbons (Fsp3) is 0.143. The molecule has 5 nitrogen and oxygen atoms in total. The van der Waals surface area contributed by atoms with E-state index in [1.54, 1.807) is 6.07 Å². The van der Waals surface area contributed by atoms with Crippen molar-refractivity contribution in [2.75, 3.05) is 22.9 Å². The lowest BCUT2D eigenvalue weighted by Crippen LogP contribution is -2.09. The van der Waals surface area contributed by atoms with Crippen molar-refractivity contribution in [3.63, 3.8) is 0 Å². The van der Waals surface area contributed by atoms with Crippen LogP contribution < -0.4 is 28.7 Å². The minimum Gasteiger partial charge on any atom is -0.397 e. The molecule has 1 rings (SSSR count). The molecule has 0 fully saturated rings. The van der Waals surface area contributed by atoms with E-state index in [0.29, 0.717) is 29.3 Å². The Morgan fingerprint density at radius 2 is 1.50 bits per heavy atom. The van der Waals surface area contributed by atoms with Crippen LogP contribution in [0.5, 0.6) is 0 Å². The third-order valence-electron chi connectivity index (χ3n) is 1.79. The van der Waals surface area contributed by atoms with Gasteiger partial charge < -0.3 is 28.7 Å². The van der Waals surface area contributed by atoms with Crippen molar-refractivity contribution in [2.24, 2.45) is 5.73 Å². The maximum Gasteiger partial charge on any atom is 0.0806 e. The van der Waals surface area contributed by atoms with Gasteiger partial charge in [-0.15, -0.1) is 0 Å². The zero-order valence-corrected chi connectivity index (χ0v) is 6.67. The van der Waals surface area contributed by atoms with Gasteiger partial charge in [0.1, 0.15) is 0 Å². The molecule has 0 aromatic heterocycles. The van der Waals surface area contributed by atoms with Gasteiger partial charge in [-0.2, -0.15) is 0 Å². The van der Waals surface area contributed by atoms with Crippen molar-refractivity contribution in [2.45, 2.75) is 6.54 Å². The summed E-state index contributed by atoms with van der Waals surface area (Å²) in [6, 6.07) is 1.64. The van der Waals surface area contributed by atoms with E-state index < -0.39 is 0 Å². The Kier molecular flexibility index (Phi) is 1.97. The van der Waals surface area contributed by atoms with E-state index in [-0.39, 0.29) is 0 Å². The van der Waals surface area contributed by atoms with Crippen LogP contribution in [0.15, 0.2) is 6.07 Å². The summed E-state index contributed by atoms with van der Waals surface area (Å²) in [4.78, 5) is 0. The Bertz CT molecular complexity index is 307. The highest BCUT2D eigenvalue weighted by atomic mass is 14.8. The van der Waals surface area contributed by atoms with E-state index in [1.165, 1.54) is 0 Å². The molecule has 10 N–H and O–H groups in total. The molecule has 1 aromatic carbocycles. The number of hydrogen-bond donors (Lipinski definition) is 5. The third-order valence-corrected chi connectivity index (χ3v) is 1.79. The SMILES string of the molecule is NCc1cc(N)c(N)c(N)c1N. The summed E-state index contributed by atoms with van der Waals surface area (Å²) in [6.45, 7) is 0.306. The van der Waals surface area contributed by atoms with E-state index >= 15 is 0 Å². The lowest BCUT2D eigenvalue weighted by atomic mass is 10.1. The van der Waals surface area contributed by atoms with Crippen LogP contribution in [0.25, 0.3) is 0 Å². The summed E-state index contributed by atoms with van der Waals surface area (Å²) in [5.74, 6) is 0. The van der Waals surface area contributed by atoms with Gasteiger partial charge in [-0.25, -0.2) is 0 Å². The van der Waals surface area contributed by atoms with Crippen molar-refractivity contribution in [1.29, 1.82) is 0 Å². The summed E-state index contributed by atoms with van der Waals surface area (Å²) in [5, 5.41) is 0. The van der Waals surface area contributed by atoms with Crippen LogP contribution in [0.3, 0.4) is 0 Å². The minimum atomic E-state index is 0.306. The molecular weight excluding hydrogens is 154 g/mol. The number of hydrogen-bond acceptors (Lipinski definition) is 5. The van der Waals surface area contributed by atoms with Gasteiger partial charge in [-0.1, -0.05) is 0 Å². The van der Waals surface area contributed by atoms with Crippen LogP contribution in [0, 0.1) is 0 Å². The molecule has 0 atom stereocenters. The smallest absolute Gasteiger partial charge is 0.0806 e. The van der Waals surface area contributed by atoms with Crippen molar-refractivity contribution in [3.8, 4) is 0 Å². The molecule has 66 valence electrons. The molecule has 0 aliphatic carbocycles. The molecule has 0 bridgehead atoms. The van der Waals surface area contributed by atoms with Gasteiger partial charge in [0.25, 0.3) is 0 Å². The van der Waals surface area contributed by atoms with E-state index in [1.807, 2.05) is 0 Å². The summed E-state index contributed by atoms with van der Waals surface area (Å²) in [5.41, 5.74) is 29.9. The molecule has 0 spiro atoms. The Morgan fingerprint density at radius 3 is 2.00 bits per heavy atom. The van der Waals surface area contributed by atoms with Gasteiger partial charge in [-0.3, -0.25) is 0 Å². The highest BCUT2D eigenvalue weighted by Crippen LogP contribution is 2.31. The minimum absolute atomic E-state index is 0.306. The molecule has 0 radical (unpaired) electrons. The molecule has 0 heterocycles. The van der Waals surface area contributed by atoms with Crippen LogP contribution in [-0.2, 0) is 6.54 Å². The van der Waals surface area contributed by atoms with E-state index in [2.05, 4.69) is 0 Å². The summed E-state index contributed by atoms with van der Waals surface area (Å²) < 4.78 is 0. The van der Waals surface area contributed by atoms with Crippen molar-refractivity contribution >= 4 is 22.7 Å². The number of benzene rings is 1. The topological polar surface area (TPSA) is 130 Å². The van der Waals surface area contributed by atoms with Crippen LogP contribution in [0.4, 0.5) is 22.7 Å². The van der Waals surface area contributed by atoms with Gasteiger partial charge in [0.05, 0.1) is 22.7 Å².